The van der Waals surface area contributed by atoms with E-state index in [2.05, 4.69) is 55.2 Å². The number of piperazine rings is 1. The molecule has 1 aromatic carbocycles. The van der Waals surface area contributed by atoms with Gasteiger partial charge in [0.1, 0.15) is 12.1 Å². The highest BCUT2D eigenvalue weighted by Gasteiger charge is 2.26. The molecule has 0 unspecified atom stereocenters. The van der Waals surface area contributed by atoms with E-state index in [1.165, 1.54) is 18.5 Å². The molecule has 0 aliphatic carbocycles. The third-order valence-electron chi connectivity index (χ3n) is 8.12. The van der Waals surface area contributed by atoms with Crippen molar-refractivity contribution in [1.82, 2.24) is 24.8 Å². The second-order valence-electron chi connectivity index (χ2n) is 10.5. The summed E-state index contributed by atoms with van der Waals surface area (Å²) in [4.78, 5) is 35.8. The number of hydrogen-bond donors (Lipinski definition) is 1. The van der Waals surface area contributed by atoms with Crippen molar-refractivity contribution in [3.05, 3.63) is 48.5 Å². The van der Waals surface area contributed by atoms with E-state index in [0.29, 0.717) is 19.0 Å². The van der Waals surface area contributed by atoms with Gasteiger partial charge < -0.3 is 24.9 Å². The predicted octanol–water partition coefficient (Wildman–Crippen LogP) is 3.79. The highest BCUT2D eigenvalue weighted by Crippen LogP contribution is 2.33. The van der Waals surface area contributed by atoms with Crippen molar-refractivity contribution in [2.24, 2.45) is 0 Å². The fraction of sp³-hybridized carbons (Fsp3) is 0.500. The number of hydrogen-bond acceptors (Lipinski definition) is 7. The van der Waals surface area contributed by atoms with Crippen LogP contribution >= 0.6 is 0 Å². The van der Waals surface area contributed by atoms with Crippen LogP contribution in [-0.2, 0) is 0 Å². The van der Waals surface area contributed by atoms with Crippen molar-refractivity contribution in [2.75, 3.05) is 74.5 Å². The van der Waals surface area contributed by atoms with Gasteiger partial charge in [0.05, 0.1) is 23.1 Å². The molecule has 3 aliphatic rings. The van der Waals surface area contributed by atoms with Gasteiger partial charge in [-0.15, -0.1) is 0 Å². The van der Waals surface area contributed by atoms with Gasteiger partial charge in [-0.05, 0) is 63.1 Å². The number of aromatic nitrogens is 3. The van der Waals surface area contributed by atoms with Gasteiger partial charge in [0, 0.05) is 69.3 Å². The lowest BCUT2D eigenvalue weighted by Crippen LogP contribution is -2.44. The SMILES string of the molecule is CN1CCN(c2ccc3c(C4CCN(C(=O)Nc5ccc(N6CCCC6)nc5)CC4)ncnc3c2)CC1. The molecule has 0 saturated carbocycles. The van der Waals surface area contributed by atoms with E-state index >= 15 is 0 Å². The van der Waals surface area contributed by atoms with Gasteiger partial charge in [0.2, 0.25) is 0 Å². The molecule has 2 amide bonds. The maximum atomic E-state index is 12.9. The molecule has 0 bridgehead atoms. The molecule has 3 aromatic rings. The summed E-state index contributed by atoms with van der Waals surface area (Å²) < 4.78 is 0. The maximum Gasteiger partial charge on any atom is 0.321 e. The smallest absolute Gasteiger partial charge is 0.321 e. The minimum atomic E-state index is -0.0569. The van der Waals surface area contributed by atoms with Gasteiger partial charge in [-0.25, -0.2) is 19.7 Å². The minimum Gasteiger partial charge on any atom is -0.369 e. The van der Waals surface area contributed by atoms with Gasteiger partial charge in [0.25, 0.3) is 0 Å². The summed E-state index contributed by atoms with van der Waals surface area (Å²) >= 11 is 0. The Kier molecular flexibility index (Phi) is 6.78. The van der Waals surface area contributed by atoms with Crippen LogP contribution in [0, 0.1) is 0 Å². The van der Waals surface area contributed by atoms with E-state index in [-0.39, 0.29) is 6.03 Å². The van der Waals surface area contributed by atoms with Crippen molar-refractivity contribution < 1.29 is 4.79 Å². The third-order valence-corrected chi connectivity index (χ3v) is 8.12. The Bertz CT molecular complexity index is 1230. The number of amides is 2. The van der Waals surface area contributed by atoms with E-state index in [0.717, 1.165) is 80.2 Å². The molecular formula is C28H36N8O. The average Bonchev–Trinajstić information content (AvgIpc) is 3.49. The molecule has 5 heterocycles. The van der Waals surface area contributed by atoms with Crippen molar-refractivity contribution >= 4 is 34.1 Å². The topological polar surface area (TPSA) is 80.7 Å². The van der Waals surface area contributed by atoms with Crippen molar-refractivity contribution in [3.8, 4) is 0 Å². The van der Waals surface area contributed by atoms with Crippen LogP contribution in [0.2, 0.25) is 0 Å². The Hall–Kier alpha value is -3.46. The summed E-state index contributed by atoms with van der Waals surface area (Å²) in [7, 11) is 2.18. The lowest BCUT2D eigenvalue weighted by Gasteiger charge is -2.34. The third kappa shape index (κ3) is 5.18. The summed E-state index contributed by atoms with van der Waals surface area (Å²) in [5, 5.41) is 4.16. The quantitative estimate of drug-likeness (QED) is 0.584. The average molecular weight is 501 g/mol. The number of urea groups is 1. The highest BCUT2D eigenvalue weighted by atomic mass is 16.2. The molecule has 9 heteroatoms. The number of nitrogens with zero attached hydrogens (tertiary/aromatic N) is 7. The lowest BCUT2D eigenvalue weighted by atomic mass is 9.91. The number of anilines is 3. The Morgan fingerprint density at radius 1 is 0.865 bits per heavy atom. The largest absolute Gasteiger partial charge is 0.369 e. The second kappa shape index (κ2) is 10.5. The molecule has 9 nitrogen and oxygen atoms in total. The fourth-order valence-corrected chi connectivity index (χ4v) is 5.80. The molecule has 6 rings (SSSR count). The minimum absolute atomic E-state index is 0.0569. The van der Waals surface area contributed by atoms with E-state index in [9.17, 15) is 4.79 Å². The fourth-order valence-electron chi connectivity index (χ4n) is 5.80. The first-order chi connectivity index (χ1) is 18.1. The highest BCUT2D eigenvalue weighted by molar-refractivity contribution is 5.89. The number of likely N-dealkylation sites (N-methyl/N-ethyl adjacent to an activating group) is 1. The normalized spacial score (nSPS) is 19.5. The summed E-state index contributed by atoms with van der Waals surface area (Å²) in [6.45, 7) is 7.79. The molecule has 194 valence electrons. The number of benzene rings is 1. The number of piperidine rings is 1. The van der Waals surface area contributed by atoms with Gasteiger partial charge in [0.15, 0.2) is 0 Å². The van der Waals surface area contributed by atoms with Crippen molar-refractivity contribution in [2.45, 2.75) is 31.6 Å². The summed E-state index contributed by atoms with van der Waals surface area (Å²) in [5.74, 6) is 1.31. The van der Waals surface area contributed by atoms with Crippen LogP contribution in [-0.4, -0.2) is 90.2 Å². The standard InChI is InChI=1S/C28H36N8O/c1-33-14-16-34(17-15-33)23-5-6-24-25(18-23)30-20-31-27(24)21-8-12-36(13-9-21)28(37)32-22-4-7-26(29-19-22)35-10-2-3-11-35/h4-7,18-21H,2-3,8-17H2,1H3,(H,32,37). The van der Waals surface area contributed by atoms with Crippen LogP contribution < -0.4 is 15.1 Å². The number of fused-ring (bicyclic) bond motifs is 1. The zero-order valence-corrected chi connectivity index (χ0v) is 21.6. The predicted molar refractivity (Wildman–Crippen MR) is 147 cm³/mol. The van der Waals surface area contributed by atoms with Gasteiger partial charge in [-0.3, -0.25) is 0 Å². The number of carbonyl (C=O) groups excluding carboxylic acids is 1. The molecule has 3 fully saturated rings. The Morgan fingerprint density at radius 2 is 1.65 bits per heavy atom. The summed E-state index contributed by atoms with van der Waals surface area (Å²) in [5.41, 5.74) is 4.09. The number of rotatable bonds is 4. The molecule has 3 saturated heterocycles. The number of pyridine rings is 1. The second-order valence-corrected chi connectivity index (χ2v) is 10.5. The van der Waals surface area contributed by atoms with Crippen LogP contribution in [0.25, 0.3) is 10.9 Å². The Labute approximate surface area is 218 Å². The molecule has 2 aromatic heterocycles. The number of likely N-dealkylation sites (tertiary alicyclic amines) is 1. The first kappa shape index (κ1) is 23.9. The summed E-state index contributed by atoms with van der Waals surface area (Å²) in [6, 6.07) is 10.5. The molecule has 0 atom stereocenters. The molecular weight excluding hydrogens is 464 g/mol. The van der Waals surface area contributed by atoms with Crippen LogP contribution in [0.4, 0.5) is 22.0 Å². The maximum absolute atomic E-state index is 12.9. The summed E-state index contributed by atoms with van der Waals surface area (Å²) in [6.07, 6.45) is 7.69. The molecule has 37 heavy (non-hydrogen) atoms. The van der Waals surface area contributed by atoms with Crippen LogP contribution in [0.3, 0.4) is 0 Å². The lowest BCUT2D eigenvalue weighted by molar-refractivity contribution is 0.194. The van der Waals surface area contributed by atoms with Gasteiger partial charge >= 0.3 is 6.03 Å². The van der Waals surface area contributed by atoms with Crippen LogP contribution in [0.5, 0.6) is 0 Å². The van der Waals surface area contributed by atoms with E-state index in [1.54, 1.807) is 12.5 Å². The van der Waals surface area contributed by atoms with Crippen molar-refractivity contribution in [1.29, 1.82) is 0 Å². The van der Waals surface area contributed by atoms with Crippen molar-refractivity contribution in [3.63, 3.8) is 0 Å². The number of nitrogens with one attached hydrogen (secondary N) is 1. The molecule has 0 spiro atoms. The molecule has 1 N–H and O–H groups in total. The van der Waals surface area contributed by atoms with E-state index in [1.807, 2.05) is 17.0 Å². The van der Waals surface area contributed by atoms with Gasteiger partial charge in [-0.1, -0.05) is 0 Å². The van der Waals surface area contributed by atoms with E-state index < -0.39 is 0 Å². The van der Waals surface area contributed by atoms with Crippen LogP contribution in [0.1, 0.15) is 37.3 Å². The zero-order valence-electron chi connectivity index (χ0n) is 21.6. The zero-order chi connectivity index (χ0) is 25.2. The van der Waals surface area contributed by atoms with Gasteiger partial charge in [-0.2, -0.15) is 0 Å². The molecule has 0 radical (unpaired) electrons. The number of carbonyl (C=O) groups is 1. The first-order valence-corrected chi connectivity index (χ1v) is 13.6. The monoisotopic (exact) mass is 500 g/mol. The molecule has 3 aliphatic heterocycles. The first-order valence-electron chi connectivity index (χ1n) is 13.6. The van der Waals surface area contributed by atoms with Crippen LogP contribution in [0.15, 0.2) is 42.9 Å². The Balaban J connectivity index is 1.07. The Morgan fingerprint density at radius 3 is 2.38 bits per heavy atom. The van der Waals surface area contributed by atoms with E-state index in [4.69, 9.17) is 4.98 Å².